The summed E-state index contributed by atoms with van der Waals surface area (Å²) in [4.78, 5) is 14.1. The van der Waals surface area contributed by atoms with Gasteiger partial charge >= 0.3 is 0 Å². The van der Waals surface area contributed by atoms with Crippen molar-refractivity contribution in [2.24, 2.45) is 5.73 Å². The molecule has 108 valence electrons. The molecule has 0 aliphatic carbocycles. The van der Waals surface area contributed by atoms with E-state index >= 15 is 0 Å². The molecule has 0 spiro atoms. The van der Waals surface area contributed by atoms with E-state index in [-0.39, 0.29) is 30.5 Å². The molecule has 1 amide bonds. The maximum atomic E-state index is 12.2. The Morgan fingerprint density at radius 1 is 1.50 bits per heavy atom. The highest BCUT2D eigenvalue weighted by Gasteiger charge is 2.28. The molecular formula is C13H27ClN2O2. The van der Waals surface area contributed by atoms with Crippen LogP contribution in [0, 0.1) is 0 Å². The molecule has 0 bridgehead atoms. The van der Waals surface area contributed by atoms with Crippen molar-refractivity contribution >= 4 is 18.3 Å². The van der Waals surface area contributed by atoms with Gasteiger partial charge in [0.1, 0.15) is 6.10 Å². The molecule has 0 saturated carbocycles. The summed E-state index contributed by atoms with van der Waals surface area (Å²) in [5.41, 5.74) is 5.72. The number of hydrogen-bond donors (Lipinski definition) is 1. The third-order valence-corrected chi connectivity index (χ3v) is 3.40. The number of hydrogen-bond acceptors (Lipinski definition) is 3. The summed E-state index contributed by atoms with van der Waals surface area (Å²) in [6.45, 7) is 6.03. The number of amides is 1. The van der Waals surface area contributed by atoms with Crippen LogP contribution in [-0.4, -0.2) is 42.6 Å². The molecule has 1 heterocycles. The minimum absolute atomic E-state index is 0. The van der Waals surface area contributed by atoms with Crippen LogP contribution >= 0.6 is 12.4 Å². The number of ether oxygens (including phenoxy) is 1. The Labute approximate surface area is 117 Å². The van der Waals surface area contributed by atoms with Crippen LogP contribution in [0.2, 0.25) is 0 Å². The Morgan fingerprint density at radius 2 is 2.22 bits per heavy atom. The van der Waals surface area contributed by atoms with Crippen LogP contribution in [0.3, 0.4) is 0 Å². The summed E-state index contributed by atoms with van der Waals surface area (Å²) in [6.07, 6.45) is 5.08. The molecule has 1 saturated heterocycles. The quantitative estimate of drug-likeness (QED) is 0.756. The number of likely N-dealkylation sites (tertiary alicyclic amines) is 1. The number of carbonyl (C=O) groups excluding carboxylic acids is 1. The lowest BCUT2D eigenvalue weighted by molar-refractivity contribution is -0.146. The van der Waals surface area contributed by atoms with E-state index in [0.29, 0.717) is 13.2 Å². The normalized spacial score (nSPS) is 21.3. The number of unbranched alkanes of at least 4 members (excludes halogenated alkanes) is 1. The molecule has 0 radical (unpaired) electrons. The largest absolute Gasteiger partial charge is 0.369 e. The van der Waals surface area contributed by atoms with Crippen LogP contribution in [0.15, 0.2) is 0 Å². The molecule has 18 heavy (non-hydrogen) atoms. The maximum Gasteiger partial charge on any atom is 0.251 e. The fourth-order valence-electron chi connectivity index (χ4n) is 2.25. The van der Waals surface area contributed by atoms with Crippen molar-refractivity contribution in [3.63, 3.8) is 0 Å². The SMILES string of the molecule is CCCCOC(C)C(=O)N1CCCCC1CN.Cl. The number of piperidine rings is 1. The van der Waals surface area contributed by atoms with Crippen LogP contribution in [0.4, 0.5) is 0 Å². The first kappa shape index (κ1) is 17.7. The van der Waals surface area contributed by atoms with Crippen molar-refractivity contribution in [1.82, 2.24) is 4.90 Å². The van der Waals surface area contributed by atoms with Gasteiger partial charge in [-0.1, -0.05) is 13.3 Å². The number of halogens is 1. The lowest BCUT2D eigenvalue weighted by Gasteiger charge is -2.36. The number of carbonyl (C=O) groups is 1. The van der Waals surface area contributed by atoms with Crippen molar-refractivity contribution in [2.45, 2.75) is 58.1 Å². The Morgan fingerprint density at radius 3 is 2.83 bits per heavy atom. The van der Waals surface area contributed by atoms with Crippen LogP contribution in [0.5, 0.6) is 0 Å². The molecule has 1 fully saturated rings. The van der Waals surface area contributed by atoms with Crippen molar-refractivity contribution in [3.05, 3.63) is 0 Å². The second-order valence-electron chi connectivity index (χ2n) is 4.78. The minimum atomic E-state index is -0.325. The van der Waals surface area contributed by atoms with Gasteiger partial charge in [0.25, 0.3) is 5.91 Å². The van der Waals surface area contributed by atoms with Gasteiger partial charge in [0, 0.05) is 25.7 Å². The first-order chi connectivity index (χ1) is 8.20. The van der Waals surface area contributed by atoms with Gasteiger partial charge in [0.15, 0.2) is 0 Å². The van der Waals surface area contributed by atoms with E-state index < -0.39 is 0 Å². The summed E-state index contributed by atoms with van der Waals surface area (Å²) < 4.78 is 5.56. The van der Waals surface area contributed by atoms with Crippen LogP contribution in [0.1, 0.15) is 46.0 Å². The van der Waals surface area contributed by atoms with Crippen molar-refractivity contribution in [3.8, 4) is 0 Å². The number of nitrogens with two attached hydrogens (primary N) is 1. The van der Waals surface area contributed by atoms with Crippen molar-refractivity contribution in [1.29, 1.82) is 0 Å². The van der Waals surface area contributed by atoms with Gasteiger partial charge in [0.05, 0.1) is 0 Å². The summed E-state index contributed by atoms with van der Waals surface area (Å²) in [6, 6.07) is 0.216. The molecule has 4 nitrogen and oxygen atoms in total. The van der Waals surface area contributed by atoms with Crippen LogP contribution in [-0.2, 0) is 9.53 Å². The molecule has 1 rings (SSSR count). The van der Waals surface area contributed by atoms with E-state index in [2.05, 4.69) is 6.92 Å². The zero-order valence-corrected chi connectivity index (χ0v) is 12.4. The molecule has 0 aromatic rings. The molecule has 0 aromatic carbocycles. The lowest BCUT2D eigenvalue weighted by Crippen LogP contribution is -2.51. The van der Waals surface area contributed by atoms with Gasteiger partial charge in [-0.15, -0.1) is 12.4 Å². The van der Waals surface area contributed by atoms with E-state index in [1.807, 2.05) is 11.8 Å². The summed E-state index contributed by atoms with van der Waals surface area (Å²) >= 11 is 0. The topological polar surface area (TPSA) is 55.6 Å². The third-order valence-electron chi connectivity index (χ3n) is 3.40. The van der Waals surface area contributed by atoms with E-state index in [9.17, 15) is 4.79 Å². The number of nitrogens with zero attached hydrogens (tertiary/aromatic N) is 1. The standard InChI is InChI=1S/C13H26N2O2.ClH/c1-3-4-9-17-11(2)13(16)15-8-6-5-7-12(15)10-14;/h11-12H,3-10,14H2,1-2H3;1H. The molecule has 1 aliphatic heterocycles. The predicted octanol–water partition coefficient (Wildman–Crippen LogP) is 1.95. The molecule has 2 unspecified atom stereocenters. The van der Waals surface area contributed by atoms with E-state index in [1.54, 1.807) is 0 Å². The summed E-state index contributed by atoms with van der Waals surface area (Å²) in [7, 11) is 0. The average Bonchev–Trinajstić information content (AvgIpc) is 2.38. The van der Waals surface area contributed by atoms with Gasteiger partial charge in [-0.3, -0.25) is 4.79 Å². The Hall–Kier alpha value is -0.320. The van der Waals surface area contributed by atoms with Gasteiger partial charge in [-0.05, 0) is 32.6 Å². The third kappa shape index (κ3) is 5.12. The van der Waals surface area contributed by atoms with Crippen molar-refractivity contribution in [2.75, 3.05) is 19.7 Å². The predicted molar refractivity (Wildman–Crippen MR) is 76.0 cm³/mol. The Balaban J connectivity index is 0.00000289. The monoisotopic (exact) mass is 278 g/mol. The van der Waals surface area contributed by atoms with Crippen LogP contribution in [0.25, 0.3) is 0 Å². The zero-order valence-electron chi connectivity index (χ0n) is 11.6. The fourth-order valence-corrected chi connectivity index (χ4v) is 2.25. The lowest BCUT2D eigenvalue weighted by atomic mass is 10.0. The van der Waals surface area contributed by atoms with E-state index in [0.717, 1.165) is 32.2 Å². The summed E-state index contributed by atoms with van der Waals surface area (Å²) in [5.74, 6) is 0.108. The van der Waals surface area contributed by atoms with Crippen LogP contribution < -0.4 is 5.73 Å². The highest BCUT2D eigenvalue weighted by Crippen LogP contribution is 2.17. The molecule has 0 aromatic heterocycles. The molecular weight excluding hydrogens is 252 g/mol. The molecule has 5 heteroatoms. The second kappa shape index (κ2) is 9.59. The molecule has 2 N–H and O–H groups in total. The Kier molecular flexibility index (Phi) is 9.42. The maximum absolute atomic E-state index is 12.2. The van der Waals surface area contributed by atoms with Crippen molar-refractivity contribution < 1.29 is 9.53 Å². The van der Waals surface area contributed by atoms with Gasteiger partial charge in [-0.2, -0.15) is 0 Å². The molecule has 1 aliphatic rings. The van der Waals surface area contributed by atoms with Gasteiger partial charge in [0.2, 0.25) is 0 Å². The highest BCUT2D eigenvalue weighted by atomic mass is 35.5. The zero-order chi connectivity index (χ0) is 12.7. The smallest absolute Gasteiger partial charge is 0.251 e. The first-order valence-electron chi connectivity index (χ1n) is 6.82. The number of rotatable bonds is 6. The van der Waals surface area contributed by atoms with E-state index in [4.69, 9.17) is 10.5 Å². The van der Waals surface area contributed by atoms with E-state index in [1.165, 1.54) is 6.42 Å². The molecule has 2 atom stereocenters. The second-order valence-corrected chi connectivity index (χ2v) is 4.78. The first-order valence-corrected chi connectivity index (χ1v) is 6.82. The fraction of sp³-hybridized carbons (Fsp3) is 0.923. The van der Waals surface area contributed by atoms with Gasteiger partial charge in [-0.25, -0.2) is 0 Å². The highest BCUT2D eigenvalue weighted by molar-refractivity contribution is 5.85. The van der Waals surface area contributed by atoms with Gasteiger partial charge < -0.3 is 15.4 Å². The Bertz CT molecular complexity index is 239. The minimum Gasteiger partial charge on any atom is -0.369 e. The average molecular weight is 279 g/mol. The summed E-state index contributed by atoms with van der Waals surface area (Å²) in [5, 5.41) is 0.